The summed E-state index contributed by atoms with van der Waals surface area (Å²) in [7, 11) is 0. The minimum atomic E-state index is -1.13. The number of nitro benzene ring substituents is 1. The van der Waals surface area contributed by atoms with E-state index in [1.54, 1.807) is 16.7 Å². The van der Waals surface area contributed by atoms with Gasteiger partial charge >= 0.3 is 0 Å². The molecule has 1 heterocycles. The average molecular weight is 274 g/mol. The molecule has 18 heavy (non-hydrogen) atoms. The third kappa shape index (κ3) is 2.55. The molecule has 0 aliphatic carbocycles. The van der Waals surface area contributed by atoms with Crippen molar-refractivity contribution < 1.29 is 13.7 Å². The van der Waals surface area contributed by atoms with Gasteiger partial charge in [-0.05, 0) is 18.2 Å². The van der Waals surface area contributed by atoms with Crippen LogP contribution >= 0.6 is 11.8 Å². The predicted octanol–water partition coefficient (Wildman–Crippen LogP) is 2.82. The molecule has 1 aromatic carbocycles. The summed E-state index contributed by atoms with van der Waals surface area (Å²) in [4.78, 5) is 11.8. The monoisotopic (exact) mass is 274 g/mol. The highest BCUT2D eigenvalue weighted by Gasteiger charge is 2.26. The van der Waals surface area contributed by atoms with Crippen LogP contribution in [0.25, 0.3) is 0 Å². The van der Waals surface area contributed by atoms with Crippen LogP contribution in [-0.4, -0.2) is 29.5 Å². The van der Waals surface area contributed by atoms with Gasteiger partial charge in [0, 0.05) is 24.9 Å². The van der Waals surface area contributed by atoms with Crippen LogP contribution in [0.3, 0.4) is 0 Å². The Bertz CT molecular complexity index is 463. The van der Waals surface area contributed by atoms with Crippen LogP contribution in [0.15, 0.2) is 12.1 Å². The van der Waals surface area contributed by atoms with Crippen molar-refractivity contribution in [2.75, 3.05) is 29.5 Å². The fourth-order valence-corrected chi connectivity index (χ4v) is 2.83. The minimum absolute atomic E-state index is 0.220. The Balaban J connectivity index is 2.45. The van der Waals surface area contributed by atoms with Crippen molar-refractivity contribution in [1.82, 2.24) is 0 Å². The van der Waals surface area contributed by atoms with Gasteiger partial charge in [0.05, 0.1) is 4.92 Å². The lowest BCUT2D eigenvalue weighted by Gasteiger charge is -2.22. The number of benzene rings is 1. The summed E-state index contributed by atoms with van der Waals surface area (Å²) in [5, 5.41) is 10.9. The molecular weight excluding hydrogens is 262 g/mol. The molecule has 98 valence electrons. The molecule has 1 aliphatic rings. The number of hydrogen-bond acceptors (Lipinski definition) is 4. The molecule has 1 saturated heterocycles. The highest BCUT2D eigenvalue weighted by molar-refractivity contribution is 7.99. The Kier molecular flexibility index (Phi) is 4.00. The van der Waals surface area contributed by atoms with E-state index >= 15 is 0 Å². The van der Waals surface area contributed by atoms with E-state index < -0.39 is 16.6 Å². The Morgan fingerprint density at radius 1 is 1.28 bits per heavy atom. The van der Waals surface area contributed by atoms with E-state index in [0.29, 0.717) is 13.1 Å². The van der Waals surface area contributed by atoms with Crippen molar-refractivity contribution in [3.8, 4) is 0 Å². The molecule has 0 spiro atoms. The zero-order chi connectivity index (χ0) is 13.1. The van der Waals surface area contributed by atoms with E-state index in [-0.39, 0.29) is 11.4 Å². The summed E-state index contributed by atoms with van der Waals surface area (Å²) in [5.74, 6) is -0.488. The van der Waals surface area contributed by atoms with E-state index in [1.165, 1.54) is 0 Å². The lowest BCUT2D eigenvalue weighted by molar-refractivity contribution is -0.384. The Hall–Kier alpha value is -1.37. The van der Waals surface area contributed by atoms with Crippen LogP contribution in [0, 0.1) is 21.7 Å². The van der Waals surface area contributed by atoms with Crippen LogP contribution in [0.4, 0.5) is 20.2 Å². The normalized spacial score (nSPS) is 16.4. The molecule has 0 N–H and O–H groups in total. The lowest BCUT2D eigenvalue weighted by Crippen LogP contribution is -2.27. The fraction of sp³-hybridized carbons (Fsp3) is 0.455. The lowest BCUT2D eigenvalue weighted by atomic mass is 10.2. The zero-order valence-corrected chi connectivity index (χ0v) is 10.4. The van der Waals surface area contributed by atoms with E-state index in [4.69, 9.17) is 0 Å². The van der Waals surface area contributed by atoms with Crippen LogP contribution in [0.5, 0.6) is 0 Å². The van der Waals surface area contributed by atoms with Gasteiger partial charge in [-0.25, -0.2) is 8.78 Å². The molecule has 1 fully saturated rings. The molecular formula is C11H12F2N2O2S. The summed E-state index contributed by atoms with van der Waals surface area (Å²) in [5.41, 5.74) is -0.594. The number of halogens is 2. The molecule has 0 unspecified atom stereocenters. The first kappa shape index (κ1) is 13.1. The maximum atomic E-state index is 13.8. The van der Waals surface area contributed by atoms with Gasteiger partial charge in [0.2, 0.25) is 0 Å². The van der Waals surface area contributed by atoms with Gasteiger partial charge in [-0.3, -0.25) is 10.1 Å². The van der Waals surface area contributed by atoms with Crippen molar-refractivity contribution in [2.24, 2.45) is 0 Å². The largest absolute Gasteiger partial charge is 0.363 e. The summed E-state index contributed by atoms with van der Waals surface area (Å²) in [6.45, 7) is 1.00. The number of thioether (sulfide) groups is 1. The van der Waals surface area contributed by atoms with E-state index in [1.807, 2.05) is 0 Å². The first-order chi connectivity index (χ1) is 8.61. The van der Waals surface area contributed by atoms with E-state index in [9.17, 15) is 18.9 Å². The highest BCUT2D eigenvalue weighted by Crippen LogP contribution is 2.33. The van der Waals surface area contributed by atoms with Crippen LogP contribution in [0.2, 0.25) is 0 Å². The van der Waals surface area contributed by atoms with Crippen molar-refractivity contribution in [3.05, 3.63) is 33.9 Å². The van der Waals surface area contributed by atoms with Crippen LogP contribution < -0.4 is 4.90 Å². The summed E-state index contributed by atoms with van der Waals surface area (Å²) in [6, 6.07) is 1.81. The van der Waals surface area contributed by atoms with Gasteiger partial charge in [0.15, 0.2) is 17.3 Å². The Morgan fingerprint density at radius 2 is 2.06 bits per heavy atom. The molecule has 0 bridgehead atoms. The smallest absolute Gasteiger partial charge is 0.295 e. The Labute approximate surface area is 107 Å². The Morgan fingerprint density at radius 3 is 2.78 bits per heavy atom. The highest BCUT2D eigenvalue weighted by atomic mass is 32.2. The van der Waals surface area contributed by atoms with Gasteiger partial charge in [0.25, 0.3) is 5.69 Å². The van der Waals surface area contributed by atoms with Crippen molar-refractivity contribution >= 4 is 23.1 Å². The number of anilines is 1. The zero-order valence-electron chi connectivity index (χ0n) is 9.57. The number of nitrogens with zero attached hydrogens (tertiary/aromatic N) is 2. The summed E-state index contributed by atoms with van der Waals surface area (Å²) in [6.07, 6.45) is 0.803. The number of hydrogen-bond donors (Lipinski definition) is 0. The van der Waals surface area contributed by atoms with E-state index in [2.05, 4.69) is 0 Å². The number of nitro groups is 1. The minimum Gasteiger partial charge on any atom is -0.363 e. The SMILES string of the molecule is O=[N+]([O-])c1ccc(F)c(F)c1N1CCCSCC1. The number of rotatable bonds is 2. The van der Waals surface area contributed by atoms with Crippen molar-refractivity contribution in [3.63, 3.8) is 0 Å². The summed E-state index contributed by atoms with van der Waals surface area (Å²) >= 11 is 1.71. The molecule has 1 aliphatic heterocycles. The first-order valence-electron chi connectivity index (χ1n) is 5.56. The fourth-order valence-electron chi connectivity index (χ4n) is 1.95. The maximum Gasteiger partial charge on any atom is 0.295 e. The second-order valence-corrected chi connectivity index (χ2v) is 5.16. The second kappa shape index (κ2) is 5.51. The van der Waals surface area contributed by atoms with Gasteiger partial charge in [-0.2, -0.15) is 11.8 Å². The third-order valence-corrected chi connectivity index (χ3v) is 3.83. The predicted molar refractivity (Wildman–Crippen MR) is 67.2 cm³/mol. The molecule has 4 nitrogen and oxygen atoms in total. The van der Waals surface area contributed by atoms with Gasteiger partial charge in [-0.15, -0.1) is 0 Å². The molecule has 0 saturated carbocycles. The van der Waals surface area contributed by atoms with E-state index in [0.717, 1.165) is 30.1 Å². The maximum absolute atomic E-state index is 13.8. The van der Waals surface area contributed by atoms with Crippen LogP contribution in [-0.2, 0) is 0 Å². The molecule has 0 aromatic heterocycles. The van der Waals surface area contributed by atoms with Crippen LogP contribution in [0.1, 0.15) is 6.42 Å². The second-order valence-electron chi connectivity index (χ2n) is 3.94. The molecule has 0 atom stereocenters. The topological polar surface area (TPSA) is 46.4 Å². The van der Waals surface area contributed by atoms with Gasteiger partial charge in [0.1, 0.15) is 0 Å². The van der Waals surface area contributed by atoms with Crippen molar-refractivity contribution in [2.45, 2.75) is 6.42 Å². The first-order valence-corrected chi connectivity index (χ1v) is 6.72. The van der Waals surface area contributed by atoms with Gasteiger partial charge < -0.3 is 4.90 Å². The average Bonchev–Trinajstić information content (AvgIpc) is 2.60. The molecule has 0 amide bonds. The molecule has 1 aromatic rings. The standard InChI is InChI=1S/C11H12F2N2O2S/c12-8-2-3-9(15(16)17)11(10(8)13)14-4-1-6-18-7-5-14/h2-3H,1,4-7H2. The summed E-state index contributed by atoms with van der Waals surface area (Å²) < 4.78 is 27.1. The molecule has 7 heteroatoms. The van der Waals surface area contributed by atoms with Crippen molar-refractivity contribution in [1.29, 1.82) is 0 Å². The molecule has 0 radical (unpaired) electrons. The third-order valence-electron chi connectivity index (χ3n) is 2.78. The quantitative estimate of drug-likeness (QED) is 0.614. The van der Waals surface area contributed by atoms with Gasteiger partial charge in [-0.1, -0.05) is 0 Å². The molecule has 2 rings (SSSR count).